The molecule has 0 unspecified atom stereocenters. The summed E-state index contributed by atoms with van der Waals surface area (Å²) in [6.07, 6.45) is 3.41. The Hall–Kier alpha value is -2.16. The van der Waals surface area contributed by atoms with Gasteiger partial charge in [0.2, 0.25) is 0 Å². The number of aliphatic carboxylic acids is 1. The Labute approximate surface area is 99.3 Å². The van der Waals surface area contributed by atoms with Crippen molar-refractivity contribution >= 4 is 11.8 Å². The quantitative estimate of drug-likeness (QED) is 0.795. The first-order chi connectivity index (χ1) is 8.08. The van der Waals surface area contributed by atoms with Crippen molar-refractivity contribution in [3.05, 3.63) is 18.1 Å². The lowest BCUT2D eigenvalue weighted by atomic mass is 9.99. The molecule has 0 radical (unpaired) electrons. The zero-order valence-electron chi connectivity index (χ0n) is 9.71. The van der Waals surface area contributed by atoms with Crippen LogP contribution in [0.4, 0.5) is 5.82 Å². The number of nitrogens with zero attached hydrogens (tertiary/aromatic N) is 3. The highest BCUT2D eigenvalue weighted by atomic mass is 16.4. The fourth-order valence-electron chi connectivity index (χ4n) is 1.30. The van der Waals surface area contributed by atoms with Crippen LogP contribution in [0.5, 0.6) is 0 Å². The van der Waals surface area contributed by atoms with Crippen molar-refractivity contribution in [1.82, 2.24) is 9.97 Å². The molecule has 1 heterocycles. The number of hydrogen-bond acceptors (Lipinski definition) is 5. The van der Waals surface area contributed by atoms with Gasteiger partial charge in [-0.05, 0) is 5.92 Å². The van der Waals surface area contributed by atoms with Gasteiger partial charge in [0.15, 0.2) is 5.69 Å². The summed E-state index contributed by atoms with van der Waals surface area (Å²) in [7, 11) is 0. The topological polar surface area (TPSA) is 98.9 Å². The molecule has 2 N–H and O–H groups in total. The van der Waals surface area contributed by atoms with Gasteiger partial charge >= 0.3 is 5.97 Å². The monoisotopic (exact) mass is 234 g/mol. The summed E-state index contributed by atoms with van der Waals surface area (Å²) in [4.78, 5) is 18.8. The Morgan fingerprint density at radius 1 is 1.59 bits per heavy atom. The van der Waals surface area contributed by atoms with Gasteiger partial charge in [-0.3, -0.25) is 0 Å². The minimum Gasteiger partial charge on any atom is -0.480 e. The molecular weight excluding hydrogens is 220 g/mol. The van der Waals surface area contributed by atoms with Crippen LogP contribution in [0.25, 0.3) is 0 Å². The third kappa shape index (κ3) is 3.41. The van der Waals surface area contributed by atoms with E-state index < -0.39 is 12.0 Å². The number of aromatic nitrogens is 2. The largest absolute Gasteiger partial charge is 0.480 e. The van der Waals surface area contributed by atoms with E-state index in [2.05, 4.69) is 15.3 Å². The lowest BCUT2D eigenvalue weighted by Crippen LogP contribution is -2.35. The third-order valence-corrected chi connectivity index (χ3v) is 2.55. The van der Waals surface area contributed by atoms with Crippen LogP contribution in [-0.4, -0.2) is 27.1 Å². The van der Waals surface area contributed by atoms with Crippen molar-refractivity contribution < 1.29 is 9.90 Å². The molecule has 0 amide bonds. The maximum atomic E-state index is 11.1. The maximum Gasteiger partial charge on any atom is 0.326 e. The number of carboxylic acids is 1. The molecule has 0 aromatic carbocycles. The van der Waals surface area contributed by atoms with Crippen LogP contribution < -0.4 is 5.32 Å². The normalized spacial score (nSPS) is 13.5. The van der Waals surface area contributed by atoms with Gasteiger partial charge in [-0.25, -0.2) is 14.8 Å². The standard InChI is InChI=1S/C11H14N4O2/c1-3-7(2)10(11(16)17)15-9-6-13-8(4-12)5-14-9/h5-7,10H,3H2,1-2H3,(H,14,15)(H,16,17)/t7-,10-/m0/s1. The summed E-state index contributed by atoms with van der Waals surface area (Å²) in [6, 6.07) is 1.14. The van der Waals surface area contributed by atoms with Crippen LogP contribution in [0.15, 0.2) is 12.4 Å². The van der Waals surface area contributed by atoms with E-state index in [1.165, 1.54) is 12.4 Å². The molecular formula is C11H14N4O2. The van der Waals surface area contributed by atoms with Crippen LogP contribution >= 0.6 is 0 Å². The summed E-state index contributed by atoms with van der Waals surface area (Å²) >= 11 is 0. The third-order valence-electron chi connectivity index (χ3n) is 2.55. The van der Waals surface area contributed by atoms with Crippen LogP contribution in [-0.2, 0) is 4.79 Å². The SMILES string of the molecule is CC[C@H](C)[C@H](Nc1cnc(C#N)cn1)C(=O)O. The van der Waals surface area contributed by atoms with Gasteiger partial charge in [-0.2, -0.15) is 5.26 Å². The molecule has 6 nitrogen and oxygen atoms in total. The number of carboxylic acid groups (broad SMARTS) is 1. The van der Waals surface area contributed by atoms with Crippen molar-refractivity contribution in [2.45, 2.75) is 26.3 Å². The molecule has 90 valence electrons. The fourth-order valence-corrected chi connectivity index (χ4v) is 1.30. The highest BCUT2D eigenvalue weighted by Gasteiger charge is 2.23. The van der Waals surface area contributed by atoms with Gasteiger partial charge in [-0.1, -0.05) is 20.3 Å². The van der Waals surface area contributed by atoms with Crippen molar-refractivity contribution in [2.75, 3.05) is 5.32 Å². The van der Waals surface area contributed by atoms with Crippen LogP contribution in [0.3, 0.4) is 0 Å². The second-order valence-corrected chi connectivity index (χ2v) is 3.74. The van der Waals surface area contributed by atoms with Crippen LogP contribution in [0.1, 0.15) is 26.0 Å². The molecule has 1 aromatic heterocycles. The van der Waals surface area contributed by atoms with Gasteiger partial charge in [0.1, 0.15) is 17.9 Å². The van der Waals surface area contributed by atoms with Crippen molar-refractivity contribution in [1.29, 1.82) is 5.26 Å². The summed E-state index contributed by atoms with van der Waals surface area (Å²) in [5.74, 6) is -0.591. The van der Waals surface area contributed by atoms with E-state index in [1.54, 1.807) is 0 Å². The number of nitriles is 1. The van der Waals surface area contributed by atoms with Gasteiger partial charge in [0.25, 0.3) is 0 Å². The molecule has 0 spiro atoms. The second-order valence-electron chi connectivity index (χ2n) is 3.74. The van der Waals surface area contributed by atoms with Crippen molar-refractivity contribution in [2.24, 2.45) is 5.92 Å². The van der Waals surface area contributed by atoms with E-state index in [0.717, 1.165) is 6.42 Å². The highest BCUT2D eigenvalue weighted by molar-refractivity contribution is 5.77. The number of rotatable bonds is 5. The minimum absolute atomic E-state index is 0.0232. The molecule has 0 aliphatic carbocycles. The zero-order chi connectivity index (χ0) is 12.8. The number of hydrogen-bond donors (Lipinski definition) is 2. The Bertz CT molecular complexity index is 424. The van der Waals surface area contributed by atoms with Crippen LogP contribution in [0.2, 0.25) is 0 Å². The first-order valence-electron chi connectivity index (χ1n) is 5.30. The average Bonchev–Trinajstić information content (AvgIpc) is 2.35. The van der Waals surface area contributed by atoms with E-state index in [9.17, 15) is 4.79 Å². The van der Waals surface area contributed by atoms with Gasteiger partial charge < -0.3 is 10.4 Å². The molecule has 0 fully saturated rings. The predicted molar refractivity (Wildman–Crippen MR) is 61.2 cm³/mol. The van der Waals surface area contributed by atoms with Crippen molar-refractivity contribution in [3.63, 3.8) is 0 Å². The fraction of sp³-hybridized carbons (Fsp3) is 0.455. The first kappa shape index (κ1) is 12.9. The van der Waals surface area contributed by atoms with Crippen LogP contribution in [0, 0.1) is 17.2 Å². The van der Waals surface area contributed by atoms with Gasteiger partial charge in [0, 0.05) is 0 Å². The summed E-state index contributed by atoms with van der Waals surface area (Å²) < 4.78 is 0. The Morgan fingerprint density at radius 2 is 2.29 bits per heavy atom. The molecule has 6 heteroatoms. The first-order valence-corrected chi connectivity index (χ1v) is 5.30. The molecule has 17 heavy (non-hydrogen) atoms. The lowest BCUT2D eigenvalue weighted by molar-refractivity contribution is -0.139. The summed E-state index contributed by atoms with van der Waals surface area (Å²) in [5, 5.41) is 20.4. The average molecular weight is 234 g/mol. The van der Waals surface area contributed by atoms with E-state index in [0.29, 0.717) is 5.82 Å². The van der Waals surface area contributed by atoms with E-state index in [-0.39, 0.29) is 11.6 Å². The van der Waals surface area contributed by atoms with E-state index >= 15 is 0 Å². The van der Waals surface area contributed by atoms with E-state index in [1.807, 2.05) is 19.9 Å². The summed E-state index contributed by atoms with van der Waals surface area (Å²) in [5.41, 5.74) is 0.200. The summed E-state index contributed by atoms with van der Waals surface area (Å²) in [6.45, 7) is 3.77. The number of anilines is 1. The molecule has 0 saturated carbocycles. The Morgan fingerprint density at radius 3 is 2.71 bits per heavy atom. The lowest BCUT2D eigenvalue weighted by Gasteiger charge is -2.20. The number of nitrogens with one attached hydrogen (secondary N) is 1. The number of carbonyl (C=O) groups is 1. The molecule has 0 aliphatic heterocycles. The highest BCUT2D eigenvalue weighted by Crippen LogP contribution is 2.13. The van der Waals surface area contributed by atoms with E-state index in [4.69, 9.17) is 10.4 Å². The molecule has 0 saturated heterocycles. The smallest absolute Gasteiger partial charge is 0.326 e. The molecule has 1 rings (SSSR count). The van der Waals surface area contributed by atoms with Gasteiger partial charge in [0.05, 0.1) is 12.4 Å². The predicted octanol–water partition coefficient (Wildman–Crippen LogP) is 1.26. The Balaban J connectivity index is 2.79. The second kappa shape index (κ2) is 5.80. The Kier molecular flexibility index (Phi) is 4.40. The minimum atomic E-state index is -0.925. The maximum absolute atomic E-state index is 11.1. The molecule has 0 aliphatic rings. The molecule has 0 bridgehead atoms. The zero-order valence-corrected chi connectivity index (χ0v) is 9.71. The molecule has 2 atom stereocenters. The van der Waals surface area contributed by atoms with Crippen molar-refractivity contribution in [3.8, 4) is 6.07 Å². The van der Waals surface area contributed by atoms with Gasteiger partial charge in [-0.15, -0.1) is 0 Å². The molecule has 1 aromatic rings.